The van der Waals surface area contributed by atoms with E-state index in [9.17, 15) is 23.5 Å². The van der Waals surface area contributed by atoms with Crippen molar-refractivity contribution in [2.75, 3.05) is 26.9 Å². The predicted octanol–water partition coefficient (Wildman–Crippen LogP) is 2.56. The molecular formula is C22H22F2N4O5S. The van der Waals surface area contributed by atoms with Gasteiger partial charge >= 0.3 is 0 Å². The van der Waals surface area contributed by atoms with Crippen LogP contribution in [0.3, 0.4) is 0 Å². The fourth-order valence-corrected chi connectivity index (χ4v) is 5.45. The van der Waals surface area contributed by atoms with Crippen molar-refractivity contribution >= 4 is 17.2 Å². The number of methoxy groups -OCH3 is 1. The van der Waals surface area contributed by atoms with Crippen LogP contribution in [0.15, 0.2) is 34.3 Å². The molecule has 9 nitrogen and oxygen atoms in total. The van der Waals surface area contributed by atoms with Crippen LogP contribution in [-0.2, 0) is 22.4 Å². The molecule has 5 rings (SSSR count). The first-order valence-electron chi connectivity index (χ1n) is 10.8. The Labute approximate surface area is 196 Å². The number of aromatic nitrogens is 3. The Balaban J connectivity index is 1.47. The molecule has 1 saturated heterocycles. The molecule has 0 radical (unpaired) electrons. The van der Waals surface area contributed by atoms with Crippen LogP contribution in [0.5, 0.6) is 5.75 Å². The van der Waals surface area contributed by atoms with Crippen molar-refractivity contribution in [3.05, 3.63) is 50.4 Å². The number of fused-ring (bicyclic) bond motifs is 2. The molecule has 1 amide bonds. The molecule has 0 bridgehead atoms. The quantitative estimate of drug-likeness (QED) is 0.684. The molecule has 1 aliphatic carbocycles. The number of rotatable bonds is 5. The number of nitrogens with zero attached hydrogens (tertiary/aromatic N) is 4. The summed E-state index contributed by atoms with van der Waals surface area (Å²) < 4.78 is 40.5. The lowest BCUT2D eigenvalue weighted by Gasteiger charge is -2.40. The molecule has 180 valence electrons. The maximum absolute atomic E-state index is 14.5. The first-order valence-corrected chi connectivity index (χ1v) is 11.6. The van der Waals surface area contributed by atoms with Crippen molar-refractivity contribution in [3.8, 4) is 16.3 Å². The Morgan fingerprint density at radius 2 is 2.15 bits per heavy atom. The molecule has 34 heavy (non-hydrogen) atoms. The Kier molecular flexibility index (Phi) is 6.04. The van der Waals surface area contributed by atoms with E-state index in [-0.39, 0.29) is 42.3 Å². The molecule has 2 aromatic heterocycles. The van der Waals surface area contributed by atoms with Crippen LogP contribution in [0, 0.1) is 5.92 Å². The lowest BCUT2D eigenvalue weighted by molar-refractivity contribution is -0.0919. The summed E-state index contributed by atoms with van der Waals surface area (Å²) in [7, 11) is 1.47. The van der Waals surface area contributed by atoms with Gasteiger partial charge in [-0.1, -0.05) is 11.3 Å². The van der Waals surface area contributed by atoms with Gasteiger partial charge in [0.15, 0.2) is 22.7 Å². The van der Waals surface area contributed by atoms with Crippen LogP contribution in [0.25, 0.3) is 10.6 Å². The van der Waals surface area contributed by atoms with Crippen LogP contribution in [0.4, 0.5) is 8.78 Å². The standard InChI is InChI=1S/C22H22F2N4O5S/c1-32-10-11-5-12(23)6-15(24)13(11)7-16-25-26-21(34-16)14-8-27-9-17-28(3-2-4-33-17)22(31)18(27)20(30)19(14)29/h6,8,11,17,30H,2-5,7,9-10H2,1H3. The van der Waals surface area contributed by atoms with Gasteiger partial charge in [-0.15, -0.1) is 10.2 Å². The Hall–Kier alpha value is -2.96. The monoisotopic (exact) mass is 492 g/mol. The molecule has 1 fully saturated rings. The maximum Gasteiger partial charge on any atom is 0.276 e. The minimum Gasteiger partial charge on any atom is -0.503 e. The van der Waals surface area contributed by atoms with Crippen molar-refractivity contribution in [3.63, 3.8) is 0 Å². The van der Waals surface area contributed by atoms with E-state index in [1.54, 1.807) is 0 Å². The van der Waals surface area contributed by atoms with Gasteiger partial charge in [0.25, 0.3) is 5.91 Å². The fraction of sp³-hybridized carbons (Fsp3) is 0.455. The molecule has 4 heterocycles. The zero-order chi connectivity index (χ0) is 24.0. The molecule has 2 atom stereocenters. The number of allylic oxidation sites excluding steroid dienone is 3. The molecule has 2 unspecified atom stereocenters. The highest BCUT2D eigenvalue weighted by Crippen LogP contribution is 2.35. The second-order valence-electron chi connectivity index (χ2n) is 8.40. The van der Waals surface area contributed by atoms with Gasteiger partial charge in [0.05, 0.1) is 25.3 Å². The van der Waals surface area contributed by atoms with Crippen molar-refractivity contribution in [2.24, 2.45) is 5.92 Å². The molecule has 0 spiro atoms. The van der Waals surface area contributed by atoms with Crippen molar-refractivity contribution < 1.29 is 28.2 Å². The third-order valence-electron chi connectivity index (χ3n) is 6.20. The molecule has 12 heteroatoms. The van der Waals surface area contributed by atoms with Crippen LogP contribution < -0.4 is 5.43 Å². The summed E-state index contributed by atoms with van der Waals surface area (Å²) in [6.45, 7) is 1.44. The number of halogens is 2. The first-order chi connectivity index (χ1) is 16.4. The van der Waals surface area contributed by atoms with E-state index >= 15 is 0 Å². The fourth-order valence-electron chi connectivity index (χ4n) is 4.58. The largest absolute Gasteiger partial charge is 0.503 e. The van der Waals surface area contributed by atoms with E-state index in [1.807, 2.05) is 0 Å². The highest BCUT2D eigenvalue weighted by Gasteiger charge is 2.38. The van der Waals surface area contributed by atoms with E-state index in [4.69, 9.17) is 9.47 Å². The van der Waals surface area contributed by atoms with Gasteiger partial charge in [-0.25, -0.2) is 8.78 Å². The number of hydrogen-bond donors (Lipinski definition) is 1. The van der Waals surface area contributed by atoms with Gasteiger partial charge in [0.1, 0.15) is 16.7 Å². The topological polar surface area (TPSA) is 107 Å². The summed E-state index contributed by atoms with van der Waals surface area (Å²) in [5, 5.41) is 19.4. The van der Waals surface area contributed by atoms with Crippen molar-refractivity contribution in [1.29, 1.82) is 0 Å². The smallest absolute Gasteiger partial charge is 0.276 e. The predicted molar refractivity (Wildman–Crippen MR) is 118 cm³/mol. The third-order valence-corrected chi connectivity index (χ3v) is 7.16. The van der Waals surface area contributed by atoms with Crippen LogP contribution in [0.2, 0.25) is 0 Å². The number of pyridine rings is 1. The molecule has 2 aliphatic heterocycles. The van der Waals surface area contributed by atoms with E-state index in [2.05, 4.69) is 10.2 Å². The Morgan fingerprint density at radius 3 is 2.94 bits per heavy atom. The maximum atomic E-state index is 14.5. The number of hydrogen-bond acceptors (Lipinski definition) is 8. The van der Waals surface area contributed by atoms with Crippen molar-refractivity contribution in [2.45, 2.75) is 32.0 Å². The van der Waals surface area contributed by atoms with E-state index in [1.165, 1.54) is 22.8 Å². The van der Waals surface area contributed by atoms with Gasteiger partial charge in [-0.3, -0.25) is 9.59 Å². The van der Waals surface area contributed by atoms with Gasteiger partial charge in [-0.2, -0.15) is 0 Å². The lowest BCUT2D eigenvalue weighted by Crippen LogP contribution is -2.53. The number of carbonyl (C=O) groups excluding carboxylic acids is 1. The van der Waals surface area contributed by atoms with Gasteiger partial charge in [-0.05, 0) is 12.0 Å². The molecule has 0 aromatic carbocycles. The number of amides is 1. The number of carbonyl (C=O) groups is 1. The zero-order valence-electron chi connectivity index (χ0n) is 18.3. The normalized spacial score (nSPS) is 22.5. The van der Waals surface area contributed by atoms with Crippen LogP contribution in [0.1, 0.15) is 28.3 Å². The average molecular weight is 493 g/mol. The molecular weight excluding hydrogens is 470 g/mol. The second-order valence-corrected chi connectivity index (χ2v) is 9.46. The van der Waals surface area contributed by atoms with Crippen LogP contribution in [-0.4, -0.2) is 63.8 Å². The highest BCUT2D eigenvalue weighted by molar-refractivity contribution is 7.14. The minimum absolute atomic E-state index is 0.0383. The average Bonchev–Trinajstić information content (AvgIpc) is 3.27. The minimum atomic E-state index is -0.732. The molecule has 2 aromatic rings. The van der Waals surface area contributed by atoms with E-state index in [0.29, 0.717) is 30.2 Å². The van der Waals surface area contributed by atoms with Gasteiger partial charge < -0.3 is 24.0 Å². The van der Waals surface area contributed by atoms with Gasteiger partial charge in [0, 0.05) is 44.7 Å². The number of ether oxygens (including phenoxy) is 2. The van der Waals surface area contributed by atoms with Crippen LogP contribution >= 0.6 is 11.3 Å². The summed E-state index contributed by atoms with van der Waals surface area (Å²) in [4.78, 5) is 27.3. The Morgan fingerprint density at radius 1 is 1.32 bits per heavy atom. The molecule has 3 aliphatic rings. The van der Waals surface area contributed by atoms with Gasteiger partial charge in [0.2, 0.25) is 5.43 Å². The SMILES string of the molecule is COCC1CC(F)=CC(F)=C1Cc1nnc(-c2cn3c(c(O)c2=O)C(=O)N2CCCOC2C3)s1. The summed E-state index contributed by atoms with van der Waals surface area (Å²) in [6, 6.07) is 0. The molecule has 1 N–H and O–H groups in total. The molecule has 0 saturated carbocycles. The number of aromatic hydroxyl groups is 1. The Bertz CT molecular complexity index is 1270. The zero-order valence-corrected chi connectivity index (χ0v) is 19.1. The summed E-state index contributed by atoms with van der Waals surface area (Å²) in [5.74, 6) is -2.78. The van der Waals surface area contributed by atoms with Crippen molar-refractivity contribution in [1.82, 2.24) is 19.7 Å². The summed E-state index contributed by atoms with van der Waals surface area (Å²) >= 11 is 1.07. The second kappa shape index (κ2) is 9.01. The third kappa shape index (κ3) is 3.95. The summed E-state index contributed by atoms with van der Waals surface area (Å²) in [5.41, 5.74) is -0.370. The first kappa shape index (κ1) is 22.8. The highest BCUT2D eigenvalue weighted by atomic mass is 32.1. The lowest BCUT2D eigenvalue weighted by atomic mass is 9.89. The van der Waals surface area contributed by atoms with E-state index < -0.39 is 40.9 Å². The summed E-state index contributed by atoms with van der Waals surface area (Å²) in [6.07, 6.45) is 2.68. The van der Waals surface area contributed by atoms with E-state index in [0.717, 1.165) is 17.4 Å².